The molecule has 0 spiro atoms. The molecule has 1 heterocycles. The van der Waals surface area contributed by atoms with Crippen molar-refractivity contribution >= 4 is 5.96 Å². The topological polar surface area (TPSA) is 45.7 Å². The van der Waals surface area contributed by atoms with E-state index in [0.717, 1.165) is 50.7 Å². The number of rotatable bonds is 6. The summed E-state index contributed by atoms with van der Waals surface area (Å²) in [7, 11) is 0. The third-order valence-electron chi connectivity index (χ3n) is 3.76. The maximum atomic E-state index is 5.54. The summed E-state index contributed by atoms with van der Waals surface area (Å²) in [6.45, 7) is 8.94. The molecule has 2 rings (SSSR count). The molecular weight excluding hydrogens is 262 g/mol. The lowest BCUT2D eigenvalue weighted by Gasteiger charge is -2.16. The number of ether oxygens (including phenoxy) is 1. The molecule has 21 heavy (non-hydrogen) atoms. The molecule has 116 valence electrons. The van der Waals surface area contributed by atoms with Crippen LogP contribution in [0.1, 0.15) is 38.3 Å². The molecule has 0 aromatic heterocycles. The van der Waals surface area contributed by atoms with Crippen molar-refractivity contribution in [2.75, 3.05) is 19.7 Å². The van der Waals surface area contributed by atoms with Gasteiger partial charge in [-0.2, -0.15) is 0 Å². The first-order valence-corrected chi connectivity index (χ1v) is 8.02. The lowest BCUT2D eigenvalue weighted by atomic mass is 10.1. The van der Waals surface area contributed by atoms with Gasteiger partial charge in [-0.05, 0) is 43.9 Å². The molecule has 0 aliphatic carbocycles. The molecule has 1 aliphatic heterocycles. The van der Waals surface area contributed by atoms with Crippen LogP contribution in [0.15, 0.2) is 23.2 Å². The highest BCUT2D eigenvalue weighted by Gasteiger charge is 2.11. The van der Waals surface area contributed by atoms with E-state index < -0.39 is 0 Å². The van der Waals surface area contributed by atoms with Crippen molar-refractivity contribution in [3.8, 4) is 5.75 Å². The molecule has 0 amide bonds. The second-order valence-electron chi connectivity index (χ2n) is 5.50. The monoisotopic (exact) mass is 289 g/mol. The van der Waals surface area contributed by atoms with E-state index in [1.165, 1.54) is 11.1 Å². The maximum absolute atomic E-state index is 5.54. The lowest BCUT2D eigenvalue weighted by molar-refractivity contribution is 0.357. The van der Waals surface area contributed by atoms with Crippen LogP contribution < -0.4 is 15.4 Å². The Kier molecular flexibility index (Phi) is 5.90. The first-order chi connectivity index (χ1) is 10.2. The summed E-state index contributed by atoms with van der Waals surface area (Å²) in [5, 5.41) is 6.71. The number of aliphatic imine (C=N–C) groups is 1. The average Bonchev–Trinajstić information content (AvgIpc) is 2.94. The zero-order valence-electron chi connectivity index (χ0n) is 13.4. The second kappa shape index (κ2) is 7.91. The number of hydrogen-bond acceptors (Lipinski definition) is 2. The van der Waals surface area contributed by atoms with Gasteiger partial charge in [0.25, 0.3) is 0 Å². The van der Waals surface area contributed by atoms with Gasteiger partial charge in [0, 0.05) is 25.6 Å². The highest BCUT2D eigenvalue weighted by Crippen LogP contribution is 2.25. The number of nitrogens with zero attached hydrogens (tertiary/aromatic N) is 1. The highest BCUT2D eigenvalue weighted by molar-refractivity contribution is 5.80. The summed E-state index contributed by atoms with van der Waals surface area (Å²) in [5.41, 5.74) is 2.67. The largest absolute Gasteiger partial charge is 0.493 e. The summed E-state index contributed by atoms with van der Waals surface area (Å²) >= 11 is 0. The fraction of sp³-hybridized carbons (Fsp3) is 0.588. The molecule has 1 atom stereocenters. The second-order valence-corrected chi connectivity index (χ2v) is 5.50. The quantitative estimate of drug-likeness (QED) is 0.625. The van der Waals surface area contributed by atoms with Gasteiger partial charge in [-0.3, -0.25) is 4.99 Å². The third kappa shape index (κ3) is 4.66. The minimum Gasteiger partial charge on any atom is -0.493 e. The molecule has 0 radical (unpaired) electrons. The van der Waals surface area contributed by atoms with Crippen LogP contribution in [-0.4, -0.2) is 31.7 Å². The van der Waals surface area contributed by atoms with Gasteiger partial charge < -0.3 is 15.4 Å². The zero-order chi connectivity index (χ0) is 15.1. The van der Waals surface area contributed by atoms with Gasteiger partial charge >= 0.3 is 0 Å². The van der Waals surface area contributed by atoms with Crippen molar-refractivity contribution in [1.82, 2.24) is 10.6 Å². The fourth-order valence-corrected chi connectivity index (χ4v) is 2.35. The van der Waals surface area contributed by atoms with Crippen molar-refractivity contribution in [2.24, 2.45) is 4.99 Å². The summed E-state index contributed by atoms with van der Waals surface area (Å²) in [4.78, 5) is 4.65. The summed E-state index contributed by atoms with van der Waals surface area (Å²) in [5.74, 6) is 1.96. The van der Waals surface area contributed by atoms with Crippen molar-refractivity contribution in [3.05, 3.63) is 29.3 Å². The van der Waals surface area contributed by atoms with E-state index in [1.807, 2.05) is 0 Å². The summed E-state index contributed by atoms with van der Waals surface area (Å²) < 4.78 is 5.54. The minimum atomic E-state index is 0.444. The Hall–Kier alpha value is -1.71. The SMILES string of the molecule is CCNC(=NCCc1ccc2c(c1)CCO2)NC(C)CC. The van der Waals surface area contributed by atoms with Gasteiger partial charge in [0.05, 0.1) is 6.61 Å². The van der Waals surface area contributed by atoms with Crippen LogP contribution in [0.5, 0.6) is 5.75 Å². The molecule has 1 aromatic carbocycles. The Morgan fingerprint density at radius 1 is 1.38 bits per heavy atom. The molecule has 1 aromatic rings. The summed E-state index contributed by atoms with van der Waals surface area (Å²) in [6, 6.07) is 6.94. The molecule has 2 N–H and O–H groups in total. The van der Waals surface area contributed by atoms with E-state index >= 15 is 0 Å². The van der Waals surface area contributed by atoms with Gasteiger partial charge in [-0.25, -0.2) is 0 Å². The first kappa shape index (κ1) is 15.7. The number of hydrogen-bond donors (Lipinski definition) is 2. The number of guanidine groups is 1. The molecule has 0 saturated heterocycles. The van der Waals surface area contributed by atoms with E-state index in [9.17, 15) is 0 Å². The van der Waals surface area contributed by atoms with Crippen molar-refractivity contribution < 1.29 is 4.74 Å². The molecule has 0 bridgehead atoms. The van der Waals surface area contributed by atoms with Gasteiger partial charge in [-0.15, -0.1) is 0 Å². The standard InChI is InChI=1S/C17H27N3O/c1-4-13(3)20-17(18-5-2)19-10-8-14-6-7-16-15(12-14)9-11-21-16/h6-7,12-13H,4-5,8-11H2,1-3H3,(H2,18,19,20). The smallest absolute Gasteiger partial charge is 0.191 e. The van der Waals surface area contributed by atoms with Gasteiger partial charge in [0.15, 0.2) is 5.96 Å². The number of nitrogens with one attached hydrogen (secondary N) is 2. The van der Waals surface area contributed by atoms with Crippen LogP contribution in [0.4, 0.5) is 0 Å². The molecular formula is C17H27N3O. The Bertz CT molecular complexity index is 485. The minimum absolute atomic E-state index is 0.444. The molecule has 0 fully saturated rings. The van der Waals surface area contributed by atoms with Gasteiger partial charge in [0.2, 0.25) is 0 Å². The van der Waals surface area contributed by atoms with Crippen LogP contribution in [0, 0.1) is 0 Å². The van der Waals surface area contributed by atoms with Gasteiger partial charge in [0.1, 0.15) is 5.75 Å². The van der Waals surface area contributed by atoms with E-state index in [2.05, 4.69) is 54.6 Å². The first-order valence-electron chi connectivity index (χ1n) is 8.02. The molecule has 1 unspecified atom stereocenters. The van der Waals surface area contributed by atoms with Crippen LogP contribution in [0.3, 0.4) is 0 Å². The molecule has 4 heteroatoms. The van der Waals surface area contributed by atoms with Crippen LogP contribution in [0.25, 0.3) is 0 Å². The van der Waals surface area contributed by atoms with E-state index in [4.69, 9.17) is 4.74 Å². The van der Waals surface area contributed by atoms with Crippen LogP contribution >= 0.6 is 0 Å². The van der Waals surface area contributed by atoms with Gasteiger partial charge in [-0.1, -0.05) is 19.1 Å². The van der Waals surface area contributed by atoms with Crippen molar-refractivity contribution in [2.45, 2.75) is 46.1 Å². The molecule has 4 nitrogen and oxygen atoms in total. The van der Waals surface area contributed by atoms with E-state index in [0.29, 0.717) is 6.04 Å². The van der Waals surface area contributed by atoms with E-state index in [-0.39, 0.29) is 0 Å². The van der Waals surface area contributed by atoms with Crippen molar-refractivity contribution in [1.29, 1.82) is 0 Å². The predicted molar refractivity (Wildman–Crippen MR) is 88.2 cm³/mol. The zero-order valence-corrected chi connectivity index (χ0v) is 13.4. The number of fused-ring (bicyclic) bond motifs is 1. The van der Waals surface area contributed by atoms with Crippen LogP contribution in [0.2, 0.25) is 0 Å². The Morgan fingerprint density at radius 2 is 2.24 bits per heavy atom. The lowest BCUT2D eigenvalue weighted by Crippen LogP contribution is -2.42. The Balaban J connectivity index is 1.89. The van der Waals surface area contributed by atoms with Crippen LogP contribution in [-0.2, 0) is 12.8 Å². The van der Waals surface area contributed by atoms with Crippen molar-refractivity contribution in [3.63, 3.8) is 0 Å². The highest BCUT2D eigenvalue weighted by atomic mass is 16.5. The maximum Gasteiger partial charge on any atom is 0.191 e. The fourth-order valence-electron chi connectivity index (χ4n) is 2.35. The molecule has 0 saturated carbocycles. The normalized spacial score (nSPS) is 15.3. The Labute approximate surface area is 128 Å². The average molecular weight is 289 g/mol. The Morgan fingerprint density at radius 3 is 3.00 bits per heavy atom. The summed E-state index contributed by atoms with van der Waals surface area (Å²) in [6.07, 6.45) is 3.09. The molecule has 1 aliphatic rings. The predicted octanol–water partition coefficient (Wildman–Crippen LogP) is 2.52. The number of benzene rings is 1. The van der Waals surface area contributed by atoms with E-state index in [1.54, 1.807) is 0 Å². The third-order valence-corrected chi connectivity index (χ3v) is 3.76.